The van der Waals surface area contributed by atoms with Crippen LogP contribution < -0.4 is 11.1 Å². The zero-order valence-electron chi connectivity index (χ0n) is 12.3. The lowest BCUT2D eigenvalue weighted by Crippen LogP contribution is -2.37. The molecule has 1 unspecified atom stereocenters. The van der Waals surface area contributed by atoms with Gasteiger partial charge in [0.05, 0.1) is 12.5 Å². The Bertz CT molecular complexity index is 430. The van der Waals surface area contributed by atoms with Crippen molar-refractivity contribution in [1.82, 2.24) is 5.32 Å². The molecule has 5 heteroatoms. The quantitative estimate of drug-likeness (QED) is 0.730. The lowest BCUT2D eigenvalue weighted by molar-refractivity contribution is -0.121. The summed E-state index contributed by atoms with van der Waals surface area (Å²) in [5.74, 6) is 0.296. The molecule has 0 bridgehead atoms. The van der Waals surface area contributed by atoms with Crippen LogP contribution in [-0.2, 0) is 11.2 Å². The van der Waals surface area contributed by atoms with Gasteiger partial charge in [0.25, 0.3) is 0 Å². The van der Waals surface area contributed by atoms with Gasteiger partial charge in [0, 0.05) is 12.2 Å². The molecule has 21 heavy (non-hydrogen) atoms. The van der Waals surface area contributed by atoms with Gasteiger partial charge in [0.1, 0.15) is 0 Å². The highest BCUT2D eigenvalue weighted by Crippen LogP contribution is 2.26. The van der Waals surface area contributed by atoms with E-state index in [1.165, 1.54) is 19.3 Å². The van der Waals surface area contributed by atoms with Crippen LogP contribution in [0.15, 0.2) is 24.3 Å². The van der Waals surface area contributed by atoms with Gasteiger partial charge >= 0.3 is 0 Å². The Morgan fingerprint density at radius 3 is 2.48 bits per heavy atom. The van der Waals surface area contributed by atoms with Gasteiger partial charge in [-0.3, -0.25) is 4.79 Å². The standard InChI is InChI=1S/C16H24N2O2.ClH/c17-14-8-6-12(7-9-14)10-16(20)18-11-15(19)13-4-2-1-3-5-13;/h6-9,13,15,19H,1-5,10-11,17H2,(H,18,20);1H. The monoisotopic (exact) mass is 312 g/mol. The molecule has 1 aliphatic carbocycles. The molecule has 0 spiro atoms. The molecule has 1 atom stereocenters. The summed E-state index contributed by atoms with van der Waals surface area (Å²) < 4.78 is 0. The zero-order valence-corrected chi connectivity index (χ0v) is 13.1. The van der Waals surface area contributed by atoms with Gasteiger partial charge in [-0.2, -0.15) is 0 Å². The number of carbonyl (C=O) groups is 1. The van der Waals surface area contributed by atoms with E-state index in [1.807, 2.05) is 12.1 Å². The second kappa shape index (κ2) is 8.90. The van der Waals surface area contributed by atoms with Crippen LogP contribution >= 0.6 is 12.4 Å². The van der Waals surface area contributed by atoms with E-state index in [0.29, 0.717) is 24.6 Å². The third-order valence-corrected chi connectivity index (χ3v) is 4.05. The first-order valence-corrected chi connectivity index (χ1v) is 7.44. The Morgan fingerprint density at radius 1 is 1.24 bits per heavy atom. The maximum Gasteiger partial charge on any atom is 0.224 e. The molecule has 1 aliphatic rings. The fraction of sp³-hybridized carbons (Fsp3) is 0.562. The number of hydrogen-bond donors (Lipinski definition) is 3. The third kappa shape index (κ3) is 5.94. The smallest absolute Gasteiger partial charge is 0.224 e. The molecule has 0 radical (unpaired) electrons. The highest BCUT2D eigenvalue weighted by molar-refractivity contribution is 5.85. The van der Waals surface area contributed by atoms with E-state index in [4.69, 9.17) is 5.73 Å². The van der Waals surface area contributed by atoms with Crippen molar-refractivity contribution in [2.45, 2.75) is 44.6 Å². The van der Waals surface area contributed by atoms with E-state index in [2.05, 4.69) is 5.32 Å². The number of nitrogens with two attached hydrogens (primary N) is 1. The number of nitrogen functional groups attached to an aromatic ring is 1. The zero-order chi connectivity index (χ0) is 14.4. The van der Waals surface area contributed by atoms with Crippen LogP contribution in [0, 0.1) is 5.92 Å². The van der Waals surface area contributed by atoms with Gasteiger partial charge in [0.15, 0.2) is 0 Å². The summed E-state index contributed by atoms with van der Waals surface area (Å²) >= 11 is 0. The van der Waals surface area contributed by atoms with Crippen molar-refractivity contribution in [2.24, 2.45) is 5.92 Å². The minimum atomic E-state index is -0.411. The fourth-order valence-electron chi connectivity index (χ4n) is 2.79. The van der Waals surface area contributed by atoms with Crippen LogP contribution in [0.3, 0.4) is 0 Å². The maximum atomic E-state index is 11.8. The molecule has 1 saturated carbocycles. The van der Waals surface area contributed by atoms with E-state index < -0.39 is 6.10 Å². The Kier molecular flexibility index (Phi) is 7.54. The fourth-order valence-corrected chi connectivity index (χ4v) is 2.79. The predicted octanol–water partition coefficient (Wildman–Crippen LogP) is 2.29. The summed E-state index contributed by atoms with van der Waals surface area (Å²) in [6, 6.07) is 7.29. The summed E-state index contributed by atoms with van der Waals surface area (Å²) in [7, 11) is 0. The molecule has 0 aliphatic heterocycles. The number of carbonyl (C=O) groups excluding carboxylic acids is 1. The lowest BCUT2D eigenvalue weighted by Gasteiger charge is -2.26. The molecule has 0 saturated heterocycles. The summed E-state index contributed by atoms with van der Waals surface area (Å²) in [6.45, 7) is 0.360. The topological polar surface area (TPSA) is 75.4 Å². The second-order valence-electron chi connectivity index (χ2n) is 5.69. The molecular formula is C16H25ClN2O2. The first-order chi connectivity index (χ1) is 9.65. The molecule has 118 valence electrons. The number of anilines is 1. The van der Waals surface area contributed by atoms with Crippen LogP contribution in [0.4, 0.5) is 5.69 Å². The molecular weight excluding hydrogens is 288 g/mol. The van der Waals surface area contributed by atoms with Gasteiger partial charge in [-0.25, -0.2) is 0 Å². The number of hydrogen-bond acceptors (Lipinski definition) is 3. The highest BCUT2D eigenvalue weighted by Gasteiger charge is 2.21. The Hall–Kier alpha value is -1.26. The molecule has 1 aromatic carbocycles. The van der Waals surface area contributed by atoms with Crippen molar-refractivity contribution in [3.05, 3.63) is 29.8 Å². The van der Waals surface area contributed by atoms with Crippen molar-refractivity contribution >= 4 is 24.0 Å². The summed E-state index contributed by atoms with van der Waals surface area (Å²) in [5.41, 5.74) is 7.24. The first-order valence-electron chi connectivity index (χ1n) is 7.44. The van der Waals surface area contributed by atoms with Crippen LogP contribution in [0.25, 0.3) is 0 Å². The van der Waals surface area contributed by atoms with Crippen LogP contribution in [0.2, 0.25) is 0 Å². The molecule has 1 fully saturated rings. The highest BCUT2D eigenvalue weighted by atomic mass is 35.5. The van der Waals surface area contributed by atoms with E-state index in [-0.39, 0.29) is 18.3 Å². The maximum absolute atomic E-state index is 11.8. The summed E-state index contributed by atoms with van der Waals surface area (Å²) in [6.07, 6.45) is 5.74. The number of benzene rings is 1. The molecule has 0 aromatic heterocycles. The average molecular weight is 313 g/mol. The van der Waals surface area contributed by atoms with Crippen molar-refractivity contribution in [3.8, 4) is 0 Å². The molecule has 4 nitrogen and oxygen atoms in total. The van der Waals surface area contributed by atoms with Crippen LogP contribution in [-0.4, -0.2) is 23.7 Å². The van der Waals surface area contributed by atoms with E-state index in [0.717, 1.165) is 18.4 Å². The van der Waals surface area contributed by atoms with E-state index in [1.54, 1.807) is 12.1 Å². The molecule has 4 N–H and O–H groups in total. The number of amides is 1. The number of aliphatic hydroxyl groups is 1. The van der Waals surface area contributed by atoms with Gasteiger partial charge in [-0.15, -0.1) is 12.4 Å². The van der Waals surface area contributed by atoms with E-state index in [9.17, 15) is 9.90 Å². The first kappa shape index (κ1) is 17.8. The molecule has 2 rings (SSSR count). The normalized spacial score (nSPS) is 16.8. The third-order valence-electron chi connectivity index (χ3n) is 4.05. The minimum Gasteiger partial charge on any atom is -0.399 e. The van der Waals surface area contributed by atoms with Gasteiger partial charge in [-0.05, 0) is 36.5 Å². The number of rotatable bonds is 5. The predicted molar refractivity (Wildman–Crippen MR) is 87.4 cm³/mol. The van der Waals surface area contributed by atoms with Crippen LogP contribution in [0.5, 0.6) is 0 Å². The van der Waals surface area contributed by atoms with Crippen molar-refractivity contribution in [1.29, 1.82) is 0 Å². The van der Waals surface area contributed by atoms with E-state index >= 15 is 0 Å². The Balaban J connectivity index is 0.00000220. The van der Waals surface area contributed by atoms with Gasteiger partial charge in [-0.1, -0.05) is 31.4 Å². The SMILES string of the molecule is Cl.Nc1ccc(CC(=O)NCC(O)C2CCCCC2)cc1. The number of aliphatic hydroxyl groups excluding tert-OH is 1. The van der Waals surface area contributed by atoms with Crippen molar-refractivity contribution < 1.29 is 9.90 Å². The van der Waals surface area contributed by atoms with Gasteiger partial charge < -0.3 is 16.2 Å². The Labute approximate surface area is 132 Å². The molecule has 1 aromatic rings. The summed E-state index contributed by atoms with van der Waals surface area (Å²) in [4.78, 5) is 11.8. The molecule has 0 heterocycles. The minimum absolute atomic E-state index is 0. The van der Waals surface area contributed by atoms with Gasteiger partial charge in [0.2, 0.25) is 5.91 Å². The number of nitrogens with one attached hydrogen (secondary N) is 1. The lowest BCUT2D eigenvalue weighted by atomic mass is 9.85. The van der Waals surface area contributed by atoms with Crippen LogP contribution in [0.1, 0.15) is 37.7 Å². The second-order valence-corrected chi connectivity index (χ2v) is 5.69. The van der Waals surface area contributed by atoms with Crippen molar-refractivity contribution in [2.75, 3.05) is 12.3 Å². The van der Waals surface area contributed by atoms with Crippen molar-refractivity contribution in [3.63, 3.8) is 0 Å². The Morgan fingerprint density at radius 2 is 1.86 bits per heavy atom. The largest absolute Gasteiger partial charge is 0.399 e. The summed E-state index contributed by atoms with van der Waals surface area (Å²) in [5, 5.41) is 12.9. The molecule has 1 amide bonds. The average Bonchev–Trinajstić information content (AvgIpc) is 2.48. The number of halogens is 1.